The molecule has 16 heavy (non-hydrogen) atoms. The summed E-state index contributed by atoms with van der Waals surface area (Å²) in [4.78, 5) is 0. The van der Waals surface area contributed by atoms with Gasteiger partial charge >= 0.3 is 6.18 Å². The fourth-order valence-corrected chi connectivity index (χ4v) is 2.12. The lowest BCUT2D eigenvalue weighted by atomic mass is 9.84. The quantitative estimate of drug-likeness (QED) is 0.689. The van der Waals surface area contributed by atoms with Gasteiger partial charge in [0.2, 0.25) is 0 Å². The van der Waals surface area contributed by atoms with Crippen molar-refractivity contribution >= 4 is 0 Å². The number of halogens is 3. The zero-order valence-corrected chi connectivity index (χ0v) is 9.00. The first-order chi connectivity index (χ1) is 7.45. The Kier molecular flexibility index (Phi) is 5.01. The van der Waals surface area contributed by atoms with Gasteiger partial charge in [0.1, 0.15) is 0 Å². The Morgan fingerprint density at radius 1 is 1.25 bits per heavy atom. The van der Waals surface area contributed by atoms with Crippen LogP contribution in [0, 0.1) is 5.92 Å². The van der Waals surface area contributed by atoms with Crippen LogP contribution in [0.2, 0.25) is 0 Å². The van der Waals surface area contributed by atoms with E-state index in [1.54, 1.807) is 0 Å². The molecule has 1 aliphatic carbocycles. The Labute approximate surface area is 92.7 Å². The summed E-state index contributed by atoms with van der Waals surface area (Å²) in [5, 5.41) is 20.4. The molecule has 0 radical (unpaired) electrons. The first-order valence-electron chi connectivity index (χ1n) is 5.54. The number of hydrogen-bond acceptors (Lipinski definition) is 3. The highest BCUT2D eigenvalue weighted by Crippen LogP contribution is 2.37. The average molecular weight is 241 g/mol. The predicted molar refractivity (Wildman–Crippen MR) is 52.9 cm³/mol. The molecule has 3 unspecified atom stereocenters. The first-order valence-corrected chi connectivity index (χ1v) is 5.54. The van der Waals surface area contributed by atoms with Crippen molar-refractivity contribution in [1.29, 1.82) is 0 Å². The van der Waals surface area contributed by atoms with Crippen LogP contribution in [0.4, 0.5) is 13.2 Å². The highest BCUT2D eigenvalue weighted by Gasteiger charge is 2.45. The molecule has 0 aromatic rings. The van der Waals surface area contributed by atoms with Gasteiger partial charge in [0.25, 0.3) is 0 Å². The summed E-state index contributed by atoms with van der Waals surface area (Å²) in [6.45, 7) is -0.426. The van der Waals surface area contributed by atoms with Gasteiger partial charge in [-0.3, -0.25) is 0 Å². The molecular formula is C10H18F3NO2. The van der Waals surface area contributed by atoms with Crippen LogP contribution in [0.1, 0.15) is 25.7 Å². The van der Waals surface area contributed by atoms with E-state index in [1.807, 2.05) is 0 Å². The van der Waals surface area contributed by atoms with E-state index in [4.69, 9.17) is 10.2 Å². The smallest absolute Gasteiger partial charge is 0.393 e. The summed E-state index contributed by atoms with van der Waals surface area (Å²) < 4.78 is 37.9. The van der Waals surface area contributed by atoms with Crippen LogP contribution in [0.25, 0.3) is 0 Å². The Morgan fingerprint density at radius 2 is 1.88 bits per heavy atom. The van der Waals surface area contributed by atoms with E-state index in [2.05, 4.69) is 5.32 Å². The minimum absolute atomic E-state index is 0.00769. The van der Waals surface area contributed by atoms with Crippen molar-refractivity contribution in [2.24, 2.45) is 5.92 Å². The molecule has 3 N–H and O–H groups in total. The van der Waals surface area contributed by atoms with Crippen molar-refractivity contribution in [3.05, 3.63) is 0 Å². The Hall–Kier alpha value is -0.330. The Balaban J connectivity index is 2.47. The normalized spacial score (nSPS) is 29.1. The first kappa shape index (κ1) is 13.7. The van der Waals surface area contributed by atoms with E-state index < -0.39 is 30.8 Å². The molecule has 0 aromatic carbocycles. The molecule has 1 saturated carbocycles. The lowest BCUT2D eigenvalue weighted by Gasteiger charge is -2.34. The zero-order valence-electron chi connectivity index (χ0n) is 9.00. The maximum atomic E-state index is 12.6. The van der Waals surface area contributed by atoms with Crippen molar-refractivity contribution in [1.82, 2.24) is 5.32 Å². The molecule has 1 rings (SSSR count). The second kappa shape index (κ2) is 5.84. The maximum Gasteiger partial charge on any atom is 0.393 e. The van der Waals surface area contributed by atoms with Gasteiger partial charge in [-0.2, -0.15) is 13.2 Å². The van der Waals surface area contributed by atoms with Crippen molar-refractivity contribution in [3.63, 3.8) is 0 Å². The second-order valence-corrected chi connectivity index (χ2v) is 4.28. The highest BCUT2D eigenvalue weighted by molar-refractivity contribution is 4.85. The third kappa shape index (κ3) is 3.92. The molecule has 3 atom stereocenters. The van der Waals surface area contributed by atoms with E-state index in [1.165, 1.54) is 0 Å². The van der Waals surface area contributed by atoms with E-state index in [-0.39, 0.29) is 13.0 Å². The summed E-state index contributed by atoms with van der Waals surface area (Å²) in [6.07, 6.45) is -3.17. The van der Waals surface area contributed by atoms with Crippen molar-refractivity contribution < 1.29 is 23.4 Å². The van der Waals surface area contributed by atoms with Crippen molar-refractivity contribution in [2.75, 3.05) is 13.2 Å². The van der Waals surface area contributed by atoms with Gasteiger partial charge < -0.3 is 15.5 Å². The van der Waals surface area contributed by atoms with E-state index in [0.717, 1.165) is 6.42 Å². The van der Waals surface area contributed by atoms with Gasteiger partial charge in [-0.1, -0.05) is 12.8 Å². The van der Waals surface area contributed by atoms with Crippen LogP contribution in [0.15, 0.2) is 0 Å². The molecule has 96 valence electrons. The SMILES string of the molecule is OCC(O)CNC1CCCCC1C(F)(F)F. The fraction of sp³-hybridized carbons (Fsp3) is 1.00. The van der Waals surface area contributed by atoms with Crippen molar-refractivity contribution in [2.45, 2.75) is 44.0 Å². The van der Waals surface area contributed by atoms with Crippen LogP contribution in [0.5, 0.6) is 0 Å². The zero-order chi connectivity index (χ0) is 12.2. The van der Waals surface area contributed by atoms with Gasteiger partial charge in [-0.25, -0.2) is 0 Å². The second-order valence-electron chi connectivity index (χ2n) is 4.28. The number of hydrogen-bond donors (Lipinski definition) is 3. The lowest BCUT2D eigenvalue weighted by Crippen LogP contribution is -2.47. The van der Waals surface area contributed by atoms with Gasteiger partial charge in [-0.05, 0) is 12.8 Å². The summed E-state index contributed by atoms with van der Waals surface area (Å²) in [6, 6.07) is -0.630. The highest BCUT2D eigenvalue weighted by atomic mass is 19.4. The maximum absolute atomic E-state index is 12.6. The fourth-order valence-electron chi connectivity index (χ4n) is 2.12. The van der Waals surface area contributed by atoms with Gasteiger partial charge in [-0.15, -0.1) is 0 Å². The monoisotopic (exact) mass is 241 g/mol. The van der Waals surface area contributed by atoms with Gasteiger partial charge in [0, 0.05) is 12.6 Å². The van der Waals surface area contributed by atoms with Crippen LogP contribution in [-0.4, -0.2) is 41.7 Å². The minimum Gasteiger partial charge on any atom is -0.394 e. The number of alkyl halides is 3. The Bertz CT molecular complexity index is 211. The number of nitrogens with one attached hydrogen (secondary N) is 1. The molecular weight excluding hydrogens is 223 g/mol. The molecule has 0 bridgehead atoms. The van der Waals surface area contributed by atoms with Gasteiger partial charge in [0.15, 0.2) is 0 Å². The summed E-state index contributed by atoms with van der Waals surface area (Å²) >= 11 is 0. The third-order valence-corrected chi connectivity index (χ3v) is 3.01. The predicted octanol–water partition coefficient (Wildman–Crippen LogP) is 1.05. The minimum atomic E-state index is -4.18. The molecule has 0 aliphatic heterocycles. The molecule has 0 heterocycles. The molecule has 1 aliphatic rings. The van der Waals surface area contributed by atoms with E-state index in [9.17, 15) is 13.2 Å². The largest absolute Gasteiger partial charge is 0.394 e. The molecule has 0 saturated heterocycles. The average Bonchev–Trinajstić information content (AvgIpc) is 2.25. The molecule has 3 nitrogen and oxygen atoms in total. The third-order valence-electron chi connectivity index (χ3n) is 3.01. The lowest BCUT2D eigenvalue weighted by molar-refractivity contribution is -0.189. The van der Waals surface area contributed by atoms with E-state index >= 15 is 0 Å². The van der Waals surface area contributed by atoms with Crippen LogP contribution in [0.3, 0.4) is 0 Å². The summed E-state index contributed by atoms with van der Waals surface area (Å²) in [5.41, 5.74) is 0. The molecule has 0 aromatic heterocycles. The summed E-state index contributed by atoms with van der Waals surface area (Å²) in [7, 11) is 0. The van der Waals surface area contributed by atoms with Crippen LogP contribution >= 0.6 is 0 Å². The van der Waals surface area contributed by atoms with Gasteiger partial charge in [0.05, 0.1) is 18.6 Å². The number of aliphatic hydroxyl groups is 2. The van der Waals surface area contributed by atoms with E-state index in [0.29, 0.717) is 12.8 Å². The summed E-state index contributed by atoms with van der Waals surface area (Å²) in [5.74, 6) is -1.33. The molecule has 0 spiro atoms. The van der Waals surface area contributed by atoms with Crippen molar-refractivity contribution in [3.8, 4) is 0 Å². The number of rotatable bonds is 4. The molecule has 0 amide bonds. The standard InChI is InChI=1S/C10H18F3NO2/c11-10(12,13)8-3-1-2-4-9(8)14-5-7(16)6-15/h7-9,14-16H,1-6H2. The number of aliphatic hydroxyl groups excluding tert-OH is 2. The topological polar surface area (TPSA) is 52.5 Å². The molecule has 1 fully saturated rings. The van der Waals surface area contributed by atoms with Crippen LogP contribution in [-0.2, 0) is 0 Å². The molecule has 6 heteroatoms. The Morgan fingerprint density at radius 3 is 2.44 bits per heavy atom. The van der Waals surface area contributed by atoms with Crippen LogP contribution < -0.4 is 5.32 Å².